The fourth-order valence-corrected chi connectivity index (χ4v) is 1.80. The van der Waals surface area contributed by atoms with Crippen LogP contribution < -0.4 is 5.73 Å². The Morgan fingerprint density at radius 3 is 2.50 bits per heavy atom. The van der Waals surface area contributed by atoms with Crippen LogP contribution in [0.15, 0.2) is 23.1 Å². The number of alkyl halides is 3. The normalized spacial score (nSPS) is 11.8. The number of halogens is 4. The molecule has 0 aliphatic rings. The lowest BCUT2D eigenvalue weighted by Crippen LogP contribution is -2.15. The Balaban J connectivity index is 2.37. The van der Waals surface area contributed by atoms with Crippen LogP contribution in [0.3, 0.4) is 0 Å². The molecule has 16 heavy (non-hydrogen) atoms. The van der Waals surface area contributed by atoms with Crippen LogP contribution >= 0.6 is 11.8 Å². The summed E-state index contributed by atoms with van der Waals surface area (Å²) in [4.78, 5) is 0.475. The molecular formula is C9H9F4NOS. The smallest absolute Gasteiger partial charge is 0.399 e. The summed E-state index contributed by atoms with van der Waals surface area (Å²) in [6, 6.07) is 3.83. The Kier molecular flexibility index (Phi) is 4.43. The second-order valence-electron chi connectivity index (χ2n) is 2.86. The largest absolute Gasteiger partial charge is 0.522 e. The van der Waals surface area contributed by atoms with Gasteiger partial charge in [-0.15, -0.1) is 24.9 Å². The average Bonchev–Trinajstić information content (AvgIpc) is 2.09. The summed E-state index contributed by atoms with van der Waals surface area (Å²) in [6.45, 7) is -0.482. The van der Waals surface area contributed by atoms with Crippen molar-refractivity contribution in [1.82, 2.24) is 0 Å². The molecule has 0 fully saturated rings. The predicted octanol–water partition coefficient (Wildman–Crippen LogP) is 3.04. The first-order valence-corrected chi connectivity index (χ1v) is 5.25. The van der Waals surface area contributed by atoms with Crippen LogP contribution in [0, 0.1) is 5.82 Å². The fourth-order valence-electron chi connectivity index (χ4n) is 0.985. The Labute approximate surface area is 93.8 Å². The van der Waals surface area contributed by atoms with Crippen molar-refractivity contribution in [3.05, 3.63) is 24.0 Å². The van der Waals surface area contributed by atoms with Crippen LogP contribution in [-0.2, 0) is 4.74 Å². The zero-order valence-electron chi connectivity index (χ0n) is 8.05. The molecular weight excluding hydrogens is 246 g/mol. The number of nitrogen functional groups attached to an aromatic ring is 1. The topological polar surface area (TPSA) is 35.2 Å². The average molecular weight is 255 g/mol. The predicted molar refractivity (Wildman–Crippen MR) is 53.5 cm³/mol. The van der Waals surface area contributed by atoms with Gasteiger partial charge < -0.3 is 5.73 Å². The number of nitrogens with two attached hydrogens (primary N) is 1. The standard InChI is InChI=1S/C9H9F4NOS/c10-6-3-7(14)5-8(4-6)16-2-1-15-9(11,12)13/h3-5H,1-2,14H2. The highest BCUT2D eigenvalue weighted by atomic mass is 32.2. The van der Waals surface area contributed by atoms with Crippen molar-refractivity contribution in [1.29, 1.82) is 0 Å². The summed E-state index contributed by atoms with van der Waals surface area (Å²) in [5.41, 5.74) is 5.60. The van der Waals surface area contributed by atoms with Crippen molar-refractivity contribution in [2.75, 3.05) is 18.1 Å². The first-order valence-electron chi connectivity index (χ1n) is 4.26. The first kappa shape index (κ1) is 13.1. The molecule has 1 aromatic rings. The number of ether oxygens (including phenoxy) is 1. The maximum atomic E-state index is 12.8. The van der Waals surface area contributed by atoms with E-state index < -0.39 is 18.8 Å². The lowest BCUT2D eigenvalue weighted by molar-refractivity contribution is -0.322. The first-order chi connectivity index (χ1) is 7.37. The summed E-state index contributed by atoms with van der Waals surface area (Å²) in [7, 11) is 0. The van der Waals surface area contributed by atoms with E-state index in [2.05, 4.69) is 4.74 Å². The van der Waals surface area contributed by atoms with Crippen molar-refractivity contribution < 1.29 is 22.3 Å². The summed E-state index contributed by atoms with van der Waals surface area (Å²) in [6.07, 6.45) is -4.62. The van der Waals surface area contributed by atoms with Gasteiger partial charge in [-0.3, -0.25) is 4.74 Å². The van der Waals surface area contributed by atoms with Crippen molar-refractivity contribution in [3.63, 3.8) is 0 Å². The Morgan fingerprint density at radius 2 is 1.94 bits per heavy atom. The van der Waals surface area contributed by atoms with Crippen molar-refractivity contribution in [2.45, 2.75) is 11.3 Å². The Hall–Kier alpha value is -0.950. The molecule has 0 aliphatic heterocycles. The molecule has 7 heteroatoms. The van der Waals surface area contributed by atoms with E-state index in [9.17, 15) is 17.6 Å². The van der Waals surface area contributed by atoms with Gasteiger partial charge in [-0.2, -0.15) is 0 Å². The quantitative estimate of drug-likeness (QED) is 0.389. The Morgan fingerprint density at radius 1 is 1.25 bits per heavy atom. The molecule has 0 unspecified atom stereocenters. The van der Waals surface area contributed by atoms with Gasteiger partial charge in [0.05, 0.1) is 6.61 Å². The van der Waals surface area contributed by atoms with E-state index >= 15 is 0 Å². The highest BCUT2D eigenvalue weighted by Crippen LogP contribution is 2.23. The van der Waals surface area contributed by atoms with E-state index in [4.69, 9.17) is 5.73 Å². The fraction of sp³-hybridized carbons (Fsp3) is 0.333. The summed E-state index contributed by atoms with van der Waals surface area (Å²) in [5.74, 6) is -0.443. The zero-order valence-corrected chi connectivity index (χ0v) is 8.87. The van der Waals surface area contributed by atoms with Crippen LogP contribution in [0.5, 0.6) is 0 Å². The summed E-state index contributed by atoms with van der Waals surface area (Å²) < 4.78 is 51.2. The van der Waals surface area contributed by atoms with Gasteiger partial charge in [0, 0.05) is 16.3 Å². The minimum absolute atomic E-state index is 0.0718. The molecule has 0 radical (unpaired) electrons. The van der Waals surface area contributed by atoms with Crippen LogP contribution in [0.25, 0.3) is 0 Å². The third kappa shape index (κ3) is 5.22. The van der Waals surface area contributed by atoms with Crippen molar-refractivity contribution in [3.8, 4) is 0 Å². The Bertz CT molecular complexity index is 336. The molecule has 0 spiro atoms. The van der Waals surface area contributed by atoms with Crippen molar-refractivity contribution >= 4 is 17.4 Å². The van der Waals surface area contributed by atoms with E-state index in [1.54, 1.807) is 0 Å². The van der Waals surface area contributed by atoms with Gasteiger partial charge >= 0.3 is 6.36 Å². The molecule has 0 bridgehead atoms. The third-order valence-electron chi connectivity index (χ3n) is 1.51. The lowest BCUT2D eigenvalue weighted by Gasteiger charge is -2.07. The van der Waals surface area contributed by atoms with Crippen LogP contribution in [0.2, 0.25) is 0 Å². The van der Waals surface area contributed by atoms with E-state index in [1.807, 2.05) is 0 Å². The van der Waals surface area contributed by atoms with E-state index in [1.165, 1.54) is 12.1 Å². The minimum atomic E-state index is -4.62. The number of thioether (sulfide) groups is 1. The second kappa shape index (κ2) is 5.40. The van der Waals surface area contributed by atoms with Gasteiger partial charge in [-0.1, -0.05) is 0 Å². The van der Waals surface area contributed by atoms with Gasteiger partial charge in [0.1, 0.15) is 5.82 Å². The highest BCUT2D eigenvalue weighted by Gasteiger charge is 2.28. The summed E-state index contributed by atoms with van der Waals surface area (Å²) in [5, 5.41) is 0. The molecule has 2 N–H and O–H groups in total. The molecule has 0 aromatic heterocycles. The molecule has 0 saturated carbocycles. The van der Waals surface area contributed by atoms with Gasteiger partial charge in [0.25, 0.3) is 0 Å². The van der Waals surface area contributed by atoms with E-state index in [-0.39, 0.29) is 11.4 Å². The zero-order chi connectivity index (χ0) is 12.2. The van der Waals surface area contributed by atoms with E-state index in [0.29, 0.717) is 4.90 Å². The SMILES string of the molecule is Nc1cc(F)cc(SCCOC(F)(F)F)c1. The lowest BCUT2D eigenvalue weighted by atomic mass is 10.3. The van der Waals surface area contributed by atoms with Crippen LogP contribution in [0.1, 0.15) is 0 Å². The number of anilines is 1. The molecule has 0 heterocycles. The molecule has 0 atom stereocenters. The number of benzene rings is 1. The van der Waals surface area contributed by atoms with Gasteiger partial charge in [0.2, 0.25) is 0 Å². The van der Waals surface area contributed by atoms with Gasteiger partial charge in [0.15, 0.2) is 0 Å². The van der Waals surface area contributed by atoms with Gasteiger partial charge in [-0.05, 0) is 18.2 Å². The second-order valence-corrected chi connectivity index (χ2v) is 4.03. The van der Waals surface area contributed by atoms with Crippen LogP contribution in [0.4, 0.5) is 23.2 Å². The maximum Gasteiger partial charge on any atom is 0.522 e. The monoisotopic (exact) mass is 255 g/mol. The highest BCUT2D eigenvalue weighted by molar-refractivity contribution is 7.99. The number of rotatable bonds is 4. The molecule has 0 saturated heterocycles. The molecule has 0 amide bonds. The minimum Gasteiger partial charge on any atom is -0.399 e. The number of hydrogen-bond donors (Lipinski definition) is 1. The maximum absolute atomic E-state index is 12.8. The van der Waals surface area contributed by atoms with Crippen molar-refractivity contribution in [2.24, 2.45) is 0 Å². The molecule has 1 rings (SSSR count). The van der Waals surface area contributed by atoms with E-state index in [0.717, 1.165) is 17.8 Å². The summed E-state index contributed by atoms with van der Waals surface area (Å²) >= 11 is 1.04. The molecule has 1 aromatic carbocycles. The van der Waals surface area contributed by atoms with Gasteiger partial charge in [-0.25, -0.2) is 4.39 Å². The van der Waals surface area contributed by atoms with Crippen LogP contribution in [-0.4, -0.2) is 18.7 Å². The molecule has 90 valence electrons. The molecule has 2 nitrogen and oxygen atoms in total. The molecule has 0 aliphatic carbocycles. The number of hydrogen-bond acceptors (Lipinski definition) is 3. The third-order valence-corrected chi connectivity index (χ3v) is 2.45.